The Balaban J connectivity index is 0.00000200. The summed E-state index contributed by atoms with van der Waals surface area (Å²) in [6.07, 6.45) is 0.745. The SMILES string of the molecule is CNC(C)Cc1noc(-c2ccc(OC)cc2C)n1.Cl. The van der Waals surface area contributed by atoms with Crippen LogP contribution in [0.15, 0.2) is 22.7 Å². The molecule has 2 aromatic rings. The molecule has 0 saturated heterocycles. The van der Waals surface area contributed by atoms with E-state index in [1.165, 1.54) is 0 Å². The Kier molecular flexibility index (Phi) is 5.98. The Hall–Kier alpha value is -1.59. The van der Waals surface area contributed by atoms with Gasteiger partial charge in [-0.25, -0.2) is 0 Å². The van der Waals surface area contributed by atoms with Gasteiger partial charge in [0.1, 0.15) is 5.75 Å². The van der Waals surface area contributed by atoms with E-state index in [1.807, 2.05) is 32.2 Å². The van der Waals surface area contributed by atoms with E-state index in [0.717, 1.165) is 23.3 Å². The highest BCUT2D eigenvalue weighted by molar-refractivity contribution is 5.85. The van der Waals surface area contributed by atoms with Crippen LogP contribution in [0.25, 0.3) is 11.5 Å². The van der Waals surface area contributed by atoms with Gasteiger partial charge < -0.3 is 14.6 Å². The topological polar surface area (TPSA) is 60.2 Å². The van der Waals surface area contributed by atoms with Crippen molar-refractivity contribution in [1.82, 2.24) is 15.5 Å². The van der Waals surface area contributed by atoms with Crippen LogP contribution in [-0.2, 0) is 6.42 Å². The number of aromatic nitrogens is 2. The molecular formula is C14H20ClN3O2. The average molecular weight is 298 g/mol. The zero-order chi connectivity index (χ0) is 13.8. The van der Waals surface area contributed by atoms with Crippen LogP contribution in [0.5, 0.6) is 5.75 Å². The van der Waals surface area contributed by atoms with Gasteiger partial charge in [0.05, 0.1) is 7.11 Å². The van der Waals surface area contributed by atoms with Crippen molar-refractivity contribution in [2.24, 2.45) is 0 Å². The van der Waals surface area contributed by atoms with E-state index in [-0.39, 0.29) is 12.4 Å². The summed E-state index contributed by atoms with van der Waals surface area (Å²) in [7, 11) is 3.57. The third kappa shape index (κ3) is 3.71. The van der Waals surface area contributed by atoms with Gasteiger partial charge in [-0.3, -0.25) is 0 Å². The van der Waals surface area contributed by atoms with E-state index in [0.29, 0.717) is 17.8 Å². The number of ether oxygens (including phenoxy) is 1. The number of halogens is 1. The van der Waals surface area contributed by atoms with Crippen molar-refractivity contribution >= 4 is 12.4 Å². The molecule has 0 spiro atoms. The number of rotatable bonds is 5. The van der Waals surface area contributed by atoms with Crippen molar-refractivity contribution in [3.8, 4) is 17.2 Å². The molecule has 2 rings (SSSR count). The molecule has 0 aliphatic rings. The summed E-state index contributed by atoms with van der Waals surface area (Å²) in [5.74, 6) is 2.09. The maximum atomic E-state index is 5.32. The highest BCUT2D eigenvalue weighted by Gasteiger charge is 2.13. The second-order valence-electron chi connectivity index (χ2n) is 4.59. The predicted molar refractivity (Wildman–Crippen MR) is 80.5 cm³/mol. The van der Waals surface area contributed by atoms with Crippen LogP contribution in [0.1, 0.15) is 18.3 Å². The molecule has 1 aromatic heterocycles. The van der Waals surface area contributed by atoms with Gasteiger partial charge >= 0.3 is 0 Å². The van der Waals surface area contributed by atoms with Gasteiger partial charge in [0, 0.05) is 18.0 Å². The molecular weight excluding hydrogens is 278 g/mol. The van der Waals surface area contributed by atoms with Gasteiger partial charge in [0.2, 0.25) is 0 Å². The van der Waals surface area contributed by atoms with Gasteiger partial charge in [0.25, 0.3) is 5.89 Å². The van der Waals surface area contributed by atoms with Gasteiger partial charge in [-0.1, -0.05) is 5.16 Å². The molecule has 1 atom stereocenters. The average Bonchev–Trinajstić information content (AvgIpc) is 2.86. The zero-order valence-electron chi connectivity index (χ0n) is 12.1. The lowest BCUT2D eigenvalue weighted by Gasteiger charge is -2.05. The maximum Gasteiger partial charge on any atom is 0.258 e. The number of nitrogens with one attached hydrogen (secondary N) is 1. The number of methoxy groups -OCH3 is 1. The number of benzene rings is 1. The molecule has 0 aliphatic heterocycles. The molecule has 20 heavy (non-hydrogen) atoms. The molecule has 0 fully saturated rings. The van der Waals surface area contributed by atoms with Crippen LogP contribution in [0.2, 0.25) is 0 Å². The summed E-state index contributed by atoms with van der Waals surface area (Å²) in [6.45, 7) is 4.08. The number of likely N-dealkylation sites (N-methyl/N-ethyl adjacent to an activating group) is 1. The van der Waals surface area contributed by atoms with E-state index in [9.17, 15) is 0 Å². The molecule has 1 aromatic carbocycles. The fourth-order valence-corrected chi connectivity index (χ4v) is 1.83. The predicted octanol–water partition coefficient (Wildman–Crippen LogP) is 2.63. The van der Waals surface area contributed by atoms with Crippen LogP contribution in [0, 0.1) is 6.92 Å². The molecule has 110 valence electrons. The number of aryl methyl sites for hydroxylation is 1. The lowest BCUT2D eigenvalue weighted by atomic mass is 10.1. The first-order valence-corrected chi connectivity index (χ1v) is 6.29. The summed E-state index contributed by atoms with van der Waals surface area (Å²) in [6, 6.07) is 6.10. The maximum absolute atomic E-state index is 5.32. The summed E-state index contributed by atoms with van der Waals surface area (Å²) >= 11 is 0. The van der Waals surface area contributed by atoms with E-state index >= 15 is 0 Å². The normalized spacial score (nSPS) is 11.8. The minimum Gasteiger partial charge on any atom is -0.497 e. The minimum absolute atomic E-state index is 0. The smallest absolute Gasteiger partial charge is 0.258 e. The summed E-state index contributed by atoms with van der Waals surface area (Å²) < 4.78 is 10.5. The molecule has 0 amide bonds. The van der Waals surface area contributed by atoms with E-state index in [1.54, 1.807) is 7.11 Å². The molecule has 5 nitrogen and oxygen atoms in total. The Morgan fingerprint density at radius 3 is 2.75 bits per heavy atom. The third-order valence-electron chi connectivity index (χ3n) is 3.11. The van der Waals surface area contributed by atoms with Gasteiger partial charge in [0.15, 0.2) is 5.82 Å². The van der Waals surface area contributed by atoms with Gasteiger partial charge in [-0.2, -0.15) is 4.98 Å². The summed E-state index contributed by atoms with van der Waals surface area (Å²) in [4.78, 5) is 4.43. The van der Waals surface area contributed by atoms with Crippen molar-refractivity contribution in [2.45, 2.75) is 26.3 Å². The fourth-order valence-electron chi connectivity index (χ4n) is 1.83. The number of hydrogen-bond donors (Lipinski definition) is 1. The second kappa shape index (κ2) is 7.26. The van der Waals surface area contributed by atoms with Crippen molar-refractivity contribution < 1.29 is 9.26 Å². The Labute approximate surface area is 125 Å². The van der Waals surface area contributed by atoms with E-state index < -0.39 is 0 Å². The van der Waals surface area contributed by atoms with Crippen molar-refractivity contribution in [3.63, 3.8) is 0 Å². The highest BCUT2D eigenvalue weighted by Crippen LogP contribution is 2.25. The Bertz CT molecular complexity index is 557. The molecule has 6 heteroatoms. The largest absolute Gasteiger partial charge is 0.497 e. The minimum atomic E-state index is 0. The van der Waals surface area contributed by atoms with E-state index in [2.05, 4.69) is 22.4 Å². The lowest BCUT2D eigenvalue weighted by Crippen LogP contribution is -2.24. The van der Waals surface area contributed by atoms with E-state index in [4.69, 9.17) is 9.26 Å². The first kappa shape index (κ1) is 16.5. The molecule has 1 N–H and O–H groups in total. The van der Waals surface area contributed by atoms with Crippen LogP contribution in [0.4, 0.5) is 0 Å². The monoisotopic (exact) mass is 297 g/mol. The second-order valence-corrected chi connectivity index (χ2v) is 4.59. The first-order valence-electron chi connectivity index (χ1n) is 6.29. The van der Waals surface area contributed by atoms with Crippen LogP contribution >= 0.6 is 12.4 Å². The molecule has 1 heterocycles. The summed E-state index contributed by atoms with van der Waals surface area (Å²) in [5.41, 5.74) is 1.99. The fraction of sp³-hybridized carbons (Fsp3) is 0.429. The standard InChI is InChI=1S/C14H19N3O2.ClH/c1-9-7-11(18-4)5-6-12(9)14-16-13(17-19-14)8-10(2)15-3;/h5-7,10,15H,8H2,1-4H3;1H. The van der Waals surface area contributed by atoms with Crippen LogP contribution in [0.3, 0.4) is 0 Å². The molecule has 0 bridgehead atoms. The molecule has 0 radical (unpaired) electrons. The third-order valence-corrected chi connectivity index (χ3v) is 3.11. The van der Waals surface area contributed by atoms with Crippen LogP contribution in [-0.4, -0.2) is 30.3 Å². The van der Waals surface area contributed by atoms with Crippen molar-refractivity contribution in [1.29, 1.82) is 0 Å². The molecule has 0 aliphatic carbocycles. The first-order chi connectivity index (χ1) is 9.13. The highest BCUT2D eigenvalue weighted by atomic mass is 35.5. The Morgan fingerprint density at radius 1 is 1.40 bits per heavy atom. The number of nitrogens with zero attached hydrogens (tertiary/aromatic N) is 2. The summed E-state index contributed by atoms with van der Waals surface area (Å²) in [5, 5.41) is 7.16. The van der Waals surface area contributed by atoms with Crippen molar-refractivity contribution in [3.05, 3.63) is 29.6 Å². The zero-order valence-corrected chi connectivity index (χ0v) is 13.0. The number of hydrogen-bond acceptors (Lipinski definition) is 5. The lowest BCUT2D eigenvalue weighted by molar-refractivity contribution is 0.412. The van der Waals surface area contributed by atoms with Crippen molar-refractivity contribution in [2.75, 3.05) is 14.2 Å². The van der Waals surface area contributed by atoms with Gasteiger partial charge in [-0.15, -0.1) is 12.4 Å². The van der Waals surface area contributed by atoms with Gasteiger partial charge in [-0.05, 0) is 44.7 Å². The molecule has 1 unspecified atom stereocenters. The quantitative estimate of drug-likeness (QED) is 0.919. The molecule has 0 saturated carbocycles. The van der Waals surface area contributed by atoms with Crippen LogP contribution < -0.4 is 10.1 Å². The Morgan fingerprint density at radius 2 is 2.15 bits per heavy atom.